The van der Waals surface area contributed by atoms with E-state index in [1.807, 2.05) is 21.6 Å². The van der Waals surface area contributed by atoms with Crippen LogP contribution in [0.25, 0.3) is 0 Å². The highest BCUT2D eigenvalue weighted by molar-refractivity contribution is 5.74. The number of hydrogen-bond acceptors (Lipinski definition) is 3. The molecule has 0 aromatic rings. The zero-order chi connectivity index (χ0) is 14.5. The van der Waals surface area contributed by atoms with E-state index in [1.54, 1.807) is 0 Å². The van der Waals surface area contributed by atoms with Gasteiger partial charge in [0, 0.05) is 39.3 Å². The number of aliphatic carboxylic acids is 1. The Balaban J connectivity index is 1.84. The van der Waals surface area contributed by atoms with E-state index in [4.69, 9.17) is 5.11 Å². The van der Waals surface area contributed by atoms with Crippen LogP contribution in [0.5, 0.6) is 0 Å². The van der Waals surface area contributed by atoms with Crippen molar-refractivity contribution in [2.45, 2.75) is 26.2 Å². The molecule has 20 heavy (non-hydrogen) atoms. The summed E-state index contributed by atoms with van der Waals surface area (Å²) >= 11 is 0. The van der Waals surface area contributed by atoms with Crippen LogP contribution in [-0.2, 0) is 4.79 Å². The zero-order valence-electron chi connectivity index (χ0n) is 12.3. The molecule has 0 bridgehead atoms. The molecular weight excluding hydrogens is 258 g/mol. The molecule has 0 unspecified atom stereocenters. The molecule has 0 aromatic heterocycles. The number of amides is 2. The number of urea groups is 1. The molecule has 1 N–H and O–H groups in total. The molecule has 6 nitrogen and oxygen atoms in total. The van der Waals surface area contributed by atoms with Crippen molar-refractivity contribution in [2.75, 3.05) is 45.8 Å². The minimum Gasteiger partial charge on any atom is -0.480 e. The van der Waals surface area contributed by atoms with Crippen LogP contribution in [0.1, 0.15) is 26.2 Å². The lowest BCUT2D eigenvalue weighted by atomic mass is 10.3. The SMILES string of the molecule is CCN(CC1CC1)C(=O)N1CCCN(CC(=O)O)CC1. The van der Waals surface area contributed by atoms with Crippen LogP contribution in [0.15, 0.2) is 0 Å². The first-order chi connectivity index (χ1) is 9.60. The highest BCUT2D eigenvalue weighted by Crippen LogP contribution is 2.30. The number of rotatable bonds is 5. The average Bonchev–Trinajstić information content (AvgIpc) is 3.22. The summed E-state index contributed by atoms with van der Waals surface area (Å²) in [7, 11) is 0. The van der Waals surface area contributed by atoms with Crippen molar-refractivity contribution < 1.29 is 14.7 Å². The van der Waals surface area contributed by atoms with Crippen molar-refractivity contribution in [1.82, 2.24) is 14.7 Å². The Morgan fingerprint density at radius 1 is 1.20 bits per heavy atom. The van der Waals surface area contributed by atoms with Gasteiger partial charge in [-0.15, -0.1) is 0 Å². The maximum absolute atomic E-state index is 12.5. The summed E-state index contributed by atoms with van der Waals surface area (Å²) in [6, 6.07) is 0.122. The summed E-state index contributed by atoms with van der Waals surface area (Å²) in [6.45, 7) is 6.50. The first-order valence-corrected chi connectivity index (χ1v) is 7.58. The summed E-state index contributed by atoms with van der Waals surface area (Å²) in [4.78, 5) is 29.0. The number of hydrogen-bond donors (Lipinski definition) is 1. The Morgan fingerprint density at radius 2 is 1.95 bits per heavy atom. The molecule has 6 heteroatoms. The summed E-state index contributed by atoms with van der Waals surface area (Å²) in [6.07, 6.45) is 3.34. The molecule has 0 aromatic carbocycles. The molecule has 1 aliphatic carbocycles. The van der Waals surface area contributed by atoms with Crippen LogP contribution >= 0.6 is 0 Å². The van der Waals surface area contributed by atoms with Gasteiger partial charge in [0.15, 0.2) is 0 Å². The van der Waals surface area contributed by atoms with Crippen LogP contribution in [0, 0.1) is 5.92 Å². The monoisotopic (exact) mass is 283 g/mol. The fourth-order valence-corrected chi connectivity index (χ4v) is 2.67. The molecule has 114 valence electrons. The van der Waals surface area contributed by atoms with E-state index >= 15 is 0 Å². The van der Waals surface area contributed by atoms with Gasteiger partial charge in [0.25, 0.3) is 0 Å². The van der Waals surface area contributed by atoms with Crippen molar-refractivity contribution in [2.24, 2.45) is 5.92 Å². The zero-order valence-corrected chi connectivity index (χ0v) is 12.3. The van der Waals surface area contributed by atoms with Crippen molar-refractivity contribution in [1.29, 1.82) is 0 Å². The van der Waals surface area contributed by atoms with Crippen molar-refractivity contribution in [3.8, 4) is 0 Å². The van der Waals surface area contributed by atoms with Gasteiger partial charge in [-0.1, -0.05) is 0 Å². The standard InChI is InChI=1S/C14H25N3O3/c1-2-16(10-12-4-5-12)14(20)17-7-3-6-15(8-9-17)11-13(18)19/h12H,2-11H2,1H3,(H,18,19). The normalized spacial score (nSPS) is 20.6. The van der Waals surface area contributed by atoms with Gasteiger partial charge in [0.05, 0.1) is 6.54 Å². The molecule has 0 radical (unpaired) electrons. The Kier molecular flexibility index (Phi) is 5.23. The van der Waals surface area contributed by atoms with Gasteiger partial charge >= 0.3 is 12.0 Å². The summed E-state index contributed by atoms with van der Waals surface area (Å²) < 4.78 is 0. The number of carboxylic acid groups (broad SMARTS) is 1. The first kappa shape index (κ1) is 15.1. The molecule has 1 saturated carbocycles. The van der Waals surface area contributed by atoms with Crippen LogP contribution in [0.4, 0.5) is 4.79 Å². The molecule has 1 aliphatic heterocycles. The van der Waals surface area contributed by atoms with Crippen LogP contribution in [-0.4, -0.2) is 77.6 Å². The molecule has 2 rings (SSSR count). The summed E-state index contributed by atoms with van der Waals surface area (Å²) in [5.41, 5.74) is 0. The van der Waals surface area contributed by atoms with Gasteiger partial charge in [0.2, 0.25) is 0 Å². The largest absolute Gasteiger partial charge is 0.480 e. The second-order valence-electron chi connectivity index (χ2n) is 5.78. The summed E-state index contributed by atoms with van der Waals surface area (Å²) in [5.74, 6) is -0.0944. The number of carbonyl (C=O) groups excluding carboxylic acids is 1. The molecule has 0 atom stereocenters. The maximum Gasteiger partial charge on any atom is 0.320 e. The lowest BCUT2D eigenvalue weighted by molar-refractivity contribution is -0.138. The highest BCUT2D eigenvalue weighted by atomic mass is 16.4. The molecule has 0 spiro atoms. The molecule has 2 fully saturated rings. The smallest absolute Gasteiger partial charge is 0.320 e. The average molecular weight is 283 g/mol. The Labute approximate surface area is 120 Å². The van der Waals surface area contributed by atoms with Crippen molar-refractivity contribution in [3.05, 3.63) is 0 Å². The van der Waals surface area contributed by atoms with E-state index in [9.17, 15) is 9.59 Å². The minimum absolute atomic E-state index is 0.0710. The highest BCUT2D eigenvalue weighted by Gasteiger charge is 2.29. The molecule has 2 aliphatic rings. The third-order valence-electron chi connectivity index (χ3n) is 4.05. The van der Waals surface area contributed by atoms with E-state index < -0.39 is 5.97 Å². The van der Waals surface area contributed by atoms with Crippen molar-refractivity contribution in [3.63, 3.8) is 0 Å². The van der Waals surface area contributed by atoms with E-state index in [0.717, 1.165) is 32.6 Å². The minimum atomic E-state index is -0.798. The Bertz CT molecular complexity index is 358. The second kappa shape index (κ2) is 6.92. The first-order valence-electron chi connectivity index (χ1n) is 7.58. The van der Waals surface area contributed by atoms with Gasteiger partial charge in [-0.25, -0.2) is 4.79 Å². The number of carbonyl (C=O) groups is 2. The Hall–Kier alpha value is -1.30. The predicted molar refractivity (Wildman–Crippen MR) is 75.6 cm³/mol. The van der Waals surface area contributed by atoms with E-state index in [2.05, 4.69) is 0 Å². The predicted octanol–water partition coefficient (Wildman–Crippen LogP) is 0.931. The van der Waals surface area contributed by atoms with E-state index in [0.29, 0.717) is 19.0 Å². The van der Waals surface area contributed by atoms with Gasteiger partial charge in [-0.2, -0.15) is 0 Å². The van der Waals surface area contributed by atoms with Gasteiger partial charge in [-0.05, 0) is 32.1 Å². The van der Waals surface area contributed by atoms with Gasteiger partial charge < -0.3 is 14.9 Å². The Morgan fingerprint density at radius 3 is 2.55 bits per heavy atom. The van der Waals surface area contributed by atoms with E-state index in [1.165, 1.54) is 12.8 Å². The quantitative estimate of drug-likeness (QED) is 0.815. The summed E-state index contributed by atoms with van der Waals surface area (Å²) in [5, 5.41) is 8.83. The van der Waals surface area contributed by atoms with Gasteiger partial charge in [0.1, 0.15) is 0 Å². The van der Waals surface area contributed by atoms with E-state index in [-0.39, 0.29) is 12.6 Å². The fourth-order valence-electron chi connectivity index (χ4n) is 2.67. The third-order valence-corrected chi connectivity index (χ3v) is 4.05. The van der Waals surface area contributed by atoms with Crippen LogP contribution in [0.3, 0.4) is 0 Å². The molecular formula is C14H25N3O3. The van der Waals surface area contributed by atoms with Crippen LogP contribution in [0.2, 0.25) is 0 Å². The second-order valence-corrected chi connectivity index (χ2v) is 5.78. The molecule has 1 saturated heterocycles. The number of nitrogens with zero attached hydrogens (tertiary/aromatic N) is 3. The molecule has 1 heterocycles. The molecule has 2 amide bonds. The third kappa shape index (κ3) is 4.37. The topological polar surface area (TPSA) is 64.1 Å². The lowest BCUT2D eigenvalue weighted by Crippen LogP contribution is -2.45. The lowest BCUT2D eigenvalue weighted by Gasteiger charge is -2.29. The number of carboxylic acids is 1. The fraction of sp³-hybridized carbons (Fsp3) is 0.857. The maximum atomic E-state index is 12.5. The van der Waals surface area contributed by atoms with Crippen molar-refractivity contribution >= 4 is 12.0 Å². The van der Waals surface area contributed by atoms with Gasteiger partial charge in [-0.3, -0.25) is 9.69 Å². The van der Waals surface area contributed by atoms with Crippen LogP contribution < -0.4 is 0 Å².